The van der Waals surface area contributed by atoms with Gasteiger partial charge < -0.3 is 9.47 Å². The van der Waals surface area contributed by atoms with Crippen molar-refractivity contribution < 1.29 is 19.1 Å². The van der Waals surface area contributed by atoms with Crippen LogP contribution in [0.2, 0.25) is 0 Å². The highest BCUT2D eigenvalue weighted by atomic mass is 16.5. The van der Waals surface area contributed by atoms with E-state index in [1.807, 2.05) is 0 Å². The molecule has 0 radical (unpaired) electrons. The Balaban J connectivity index is 3.40. The fourth-order valence-corrected chi connectivity index (χ4v) is 2.26. The van der Waals surface area contributed by atoms with Crippen molar-refractivity contribution in [2.45, 2.75) is 40.7 Å². The van der Waals surface area contributed by atoms with Gasteiger partial charge >= 0.3 is 11.9 Å². The average Bonchev–Trinajstić information content (AvgIpc) is 2.38. The first-order valence-corrected chi connectivity index (χ1v) is 6.91. The van der Waals surface area contributed by atoms with Gasteiger partial charge in [-0.15, -0.1) is 0 Å². The van der Waals surface area contributed by atoms with Crippen molar-refractivity contribution in [3.63, 3.8) is 0 Å². The van der Waals surface area contributed by atoms with E-state index in [4.69, 9.17) is 9.47 Å². The monoisotopic (exact) mass is 295 g/mol. The number of aromatic nitrogens is 1. The summed E-state index contributed by atoms with van der Waals surface area (Å²) in [6.07, 6.45) is 0. The standard InChI is InChI=1S/C15H21NO5/c1-6-20-14(18)11(5)16-10(4)13(15(19)21-7-2)9(3)8-12(16)17/h8,11H,6-7H2,1-5H3. The molecule has 1 heterocycles. The molecule has 0 bridgehead atoms. The highest BCUT2D eigenvalue weighted by Gasteiger charge is 2.24. The van der Waals surface area contributed by atoms with Crippen LogP contribution in [-0.4, -0.2) is 29.7 Å². The first-order valence-electron chi connectivity index (χ1n) is 6.91. The number of ether oxygens (including phenoxy) is 2. The minimum Gasteiger partial charge on any atom is -0.464 e. The molecule has 0 spiro atoms. The zero-order valence-corrected chi connectivity index (χ0v) is 13.1. The second-order valence-electron chi connectivity index (χ2n) is 4.64. The van der Waals surface area contributed by atoms with Gasteiger partial charge in [0, 0.05) is 11.8 Å². The van der Waals surface area contributed by atoms with Crippen LogP contribution in [0, 0.1) is 13.8 Å². The third-order valence-electron chi connectivity index (χ3n) is 3.19. The highest BCUT2D eigenvalue weighted by molar-refractivity contribution is 5.92. The Morgan fingerprint density at radius 2 is 1.76 bits per heavy atom. The molecular weight excluding hydrogens is 274 g/mol. The molecule has 0 fully saturated rings. The molecule has 0 aliphatic rings. The molecule has 1 rings (SSSR count). The van der Waals surface area contributed by atoms with E-state index in [-0.39, 0.29) is 18.8 Å². The Hall–Kier alpha value is -2.11. The van der Waals surface area contributed by atoms with Gasteiger partial charge in [-0.1, -0.05) is 0 Å². The van der Waals surface area contributed by atoms with Crippen LogP contribution in [0.5, 0.6) is 0 Å². The van der Waals surface area contributed by atoms with Crippen LogP contribution in [0.25, 0.3) is 0 Å². The third kappa shape index (κ3) is 3.51. The maximum Gasteiger partial charge on any atom is 0.340 e. The van der Waals surface area contributed by atoms with Crippen LogP contribution in [0.1, 0.15) is 48.4 Å². The van der Waals surface area contributed by atoms with Crippen LogP contribution in [0.4, 0.5) is 0 Å². The van der Waals surface area contributed by atoms with E-state index in [9.17, 15) is 14.4 Å². The Kier molecular flexibility index (Phi) is 5.69. The van der Waals surface area contributed by atoms with Gasteiger partial charge in [-0.2, -0.15) is 0 Å². The number of carbonyl (C=O) groups is 2. The lowest BCUT2D eigenvalue weighted by Crippen LogP contribution is -2.33. The number of rotatable bonds is 5. The fraction of sp³-hybridized carbons (Fsp3) is 0.533. The van der Waals surface area contributed by atoms with Crippen LogP contribution in [0.3, 0.4) is 0 Å². The van der Waals surface area contributed by atoms with Gasteiger partial charge in [0.15, 0.2) is 0 Å². The zero-order chi connectivity index (χ0) is 16.2. The molecular formula is C15H21NO5. The van der Waals surface area contributed by atoms with Crippen LogP contribution < -0.4 is 5.56 Å². The normalized spacial score (nSPS) is 11.9. The van der Waals surface area contributed by atoms with Crippen molar-refractivity contribution in [1.29, 1.82) is 0 Å². The summed E-state index contributed by atoms with van der Waals surface area (Å²) in [5.41, 5.74) is 0.897. The van der Waals surface area contributed by atoms with Crippen LogP contribution >= 0.6 is 0 Å². The van der Waals surface area contributed by atoms with E-state index in [0.29, 0.717) is 16.8 Å². The Morgan fingerprint density at radius 3 is 2.29 bits per heavy atom. The summed E-state index contributed by atoms with van der Waals surface area (Å²) in [6.45, 7) is 8.73. The Bertz CT molecular complexity index is 603. The first-order chi connectivity index (χ1) is 9.84. The smallest absolute Gasteiger partial charge is 0.340 e. The van der Waals surface area contributed by atoms with Crippen molar-refractivity contribution in [2.75, 3.05) is 13.2 Å². The summed E-state index contributed by atoms with van der Waals surface area (Å²) in [4.78, 5) is 36.0. The number of esters is 2. The molecule has 1 aromatic rings. The molecule has 1 aromatic heterocycles. The van der Waals surface area contributed by atoms with Crippen molar-refractivity contribution in [3.8, 4) is 0 Å². The SMILES string of the molecule is CCOC(=O)c1c(C)cc(=O)n(C(C)C(=O)OCC)c1C. The predicted octanol–water partition coefficient (Wildman–Crippen LogP) is 1.77. The first kappa shape index (κ1) is 16.9. The molecule has 0 aliphatic heterocycles. The van der Waals surface area contributed by atoms with Gasteiger partial charge in [-0.25, -0.2) is 9.59 Å². The van der Waals surface area contributed by atoms with Crippen molar-refractivity contribution in [3.05, 3.63) is 33.2 Å². The predicted molar refractivity (Wildman–Crippen MR) is 77.5 cm³/mol. The minimum atomic E-state index is -0.800. The van der Waals surface area contributed by atoms with Gasteiger partial charge in [0.1, 0.15) is 6.04 Å². The van der Waals surface area contributed by atoms with Crippen molar-refractivity contribution >= 4 is 11.9 Å². The van der Waals surface area contributed by atoms with Crippen molar-refractivity contribution in [1.82, 2.24) is 4.57 Å². The fourth-order valence-electron chi connectivity index (χ4n) is 2.26. The molecule has 0 aliphatic carbocycles. The highest BCUT2D eigenvalue weighted by Crippen LogP contribution is 2.17. The molecule has 116 valence electrons. The number of nitrogens with zero attached hydrogens (tertiary/aromatic N) is 1. The molecule has 0 saturated heterocycles. The van der Waals surface area contributed by atoms with Gasteiger partial charge in [0.05, 0.1) is 18.8 Å². The van der Waals surface area contributed by atoms with E-state index < -0.39 is 18.0 Å². The molecule has 6 nitrogen and oxygen atoms in total. The largest absolute Gasteiger partial charge is 0.464 e. The zero-order valence-electron chi connectivity index (χ0n) is 13.1. The second kappa shape index (κ2) is 7.06. The average molecular weight is 295 g/mol. The second-order valence-corrected chi connectivity index (χ2v) is 4.64. The lowest BCUT2D eigenvalue weighted by atomic mass is 10.1. The van der Waals surface area contributed by atoms with Gasteiger partial charge in [-0.05, 0) is 40.2 Å². The van der Waals surface area contributed by atoms with Crippen molar-refractivity contribution in [2.24, 2.45) is 0 Å². The van der Waals surface area contributed by atoms with E-state index in [0.717, 1.165) is 0 Å². The van der Waals surface area contributed by atoms with E-state index in [1.54, 1.807) is 34.6 Å². The summed E-state index contributed by atoms with van der Waals surface area (Å²) in [5.74, 6) is -1.02. The van der Waals surface area contributed by atoms with Gasteiger partial charge in [-0.3, -0.25) is 9.36 Å². The maximum absolute atomic E-state index is 12.1. The van der Waals surface area contributed by atoms with E-state index in [1.165, 1.54) is 10.6 Å². The Labute approximate surface area is 123 Å². The number of hydrogen-bond acceptors (Lipinski definition) is 5. The molecule has 0 aromatic carbocycles. The number of pyridine rings is 1. The summed E-state index contributed by atoms with van der Waals surface area (Å²) < 4.78 is 11.2. The molecule has 0 saturated carbocycles. The molecule has 1 unspecified atom stereocenters. The van der Waals surface area contributed by atoms with Crippen LogP contribution in [0.15, 0.2) is 10.9 Å². The summed E-state index contributed by atoms with van der Waals surface area (Å²) >= 11 is 0. The molecule has 0 amide bonds. The lowest BCUT2D eigenvalue weighted by molar-refractivity contribution is -0.146. The molecule has 1 atom stereocenters. The molecule has 21 heavy (non-hydrogen) atoms. The topological polar surface area (TPSA) is 74.6 Å². The Morgan fingerprint density at radius 1 is 1.19 bits per heavy atom. The quantitative estimate of drug-likeness (QED) is 0.774. The summed E-state index contributed by atoms with van der Waals surface area (Å²) in [7, 11) is 0. The number of carbonyl (C=O) groups excluding carboxylic acids is 2. The van der Waals surface area contributed by atoms with E-state index in [2.05, 4.69) is 0 Å². The number of aryl methyl sites for hydroxylation is 1. The maximum atomic E-state index is 12.1. The summed E-state index contributed by atoms with van der Waals surface area (Å²) in [6, 6.07) is 0.529. The minimum absolute atomic E-state index is 0.230. The van der Waals surface area contributed by atoms with E-state index >= 15 is 0 Å². The van der Waals surface area contributed by atoms with Gasteiger partial charge in [0.2, 0.25) is 0 Å². The lowest BCUT2D eigenvalue weighted by Gasteiger charge is -2.19. The van der Waals surface area contributed by atoms with Gasteiger partial charge in [0.25, 0.3) is 5.56 Å². The molecule has 0 N–H and O–H groups in total. The summed E-state index contributed by atoms with van der Waals surface area (Å²) in [5, 5.41) is 0. The molecule has 6 heteroatoms. The van der Waals surface area contributed by atoms with Crippen LogP contribution in [-0.2, 0) is 14.3 Å². The number of hydrogen-bond donors (Lipinski definition) is 0. The third-order valence-corrected chi connectivity index (χ3v) is 3.19.